The van der Waals surface area contributed by atoms with Crippen LogP contribution in [-0.4, -0.2) is 41.4 Å². The van der Waals surface area contributed by atoms with Crippen LogP contribution in [0.2, 0.25) is 0 Å². The average Bonchev–Trinajstić information content (AvgIpc) is 3.47. The summed E-state index contributed by atoms with van der Waals surface area (Å²) in [6, 6.07) is 8.95. The van der Waals surface area contributed by atoms with E-state index in [0.29, 0.717) is 29.4 Å². The van der Waals surface area contributed by atoms with E-state index in [1.54, 1.807) is 11.4 Å². The second-order valence-corrected chi connectivity index (χ2v) is 7.16. The Morgan fingerprint density at radius 2 is 2.18 bits per heavy atom. The molecule has 9 heteroatoms. The van der Waals surface area contributed by atoms with Crippen LogP contribution in [0.4, 0.5) is 0 Å². The molecule has 1 amide bonds. The Morgan fingerprint density at radius 1 is 1.32 bits per heavy atom. The molecule has 4 N–H and O–H groups in total. The number of rotatable bonds is 7. The molecule has 0 aliphatic carbocycles. The molecule has 1 aliphatic heterocycles. The van der Waals surface area contributed by atoms with Gasteiger partial charge in [-0.25, -0.2) is 4.98 Å². The molecule has 1 unspecified atom stereocenters. The molecule has 0 saturated carbocycles. The maximum Gasteiger partial charge on any atom is 0.268 e. The second-order valence-electron chi connectivity index (χ2n) is 6.27. The second kappa shape index (κ2) is 8.01. The molecule has 0 saturated heterocycles. The summed E-state index contributed by atoms with van der Waals surface area (Å²) in [6.07, 6.45) is 0. The van der Waals surface area contributed by atoms with Crippen LogP contribution in [0.1, 0.15) is 27.2 Å². The minimum atomic E-state index is -0.292. The van der Waals surface area contributed by atoms with Gasteiger partial charge in [0.15, 0.2) is 11.5 Å². The van der Waals surface area contributed by atoms with Crippen molar-refractivity contribution in [2.24, 2.45) is 0 Å². The van der Waals surface area contributed by atoms with E-state index >= 15 is 0 Å². The topological polar surface area (TPSA) is 108 Å². The molecule has 0 radical (unpaired) electrons. The molecule has 2 aromatic heterocycles. The van der Waals surface area contributed by atoms with Crippen LogP contribution in [0.25, 0.3) is 11.3 Å². The normalized spacial score (nSPS) is 13.5. The summed E-state index contributed by atoms with van der Waals surface area (Å²) in [4.78, 5) is 20.2. The number of aliphatic hydroxyl groups excluding tert-OH is 1. The first-order valence-electron chi connectivity index (χ1n) is 8.77. The standard InChI is InChI=1S/C19H20N4O4S/c1-20-7-15(19-21-12(8-24)9-28-19)23-18(25)14-4-3-13(22-14)11-2-5-16-17(6-11)27-10-26-16/h2-6,9,15,20,22,24H,7-8,10H2,1H3,(H,23,25). The molecule has 28 heavy (non-hydrogen) atoms. The van der Waals surface area contributed by atoms with Gasteiger partial charge >= 0.3 is 0 Å². The van der Waals surface area contributed by atoms with Gasteiger partial charge in [0.2, 0.25) is 6.79 Å². The van der Waals surface area contributed by atoms with Gasteiger partial charge in [0.1, 0.15) is 10.7 Å². The number of aromatic amines is 1. The van der Waals surface area contributed by atoms with Gasteiger partial charge in [0, 0.05) is 23.2 Å². The van der Waals surface area contributed by atoms with E-state index in [1.165, 1.54) is 11.3 Å². The van der Waals surface area contributed by atoms with Crippen LogP contribution in [0, 0.1) is 0 Å². The van der Waals surface area contributed by atoms with E-state index in [4.69, 9.17) is 9.47 Å². The number of benzene rings is 1. The zero-order valence-corrected chi connectivity index (χ0v) is 16.0. The number of fused-ring (bicyclic) bond motifs is 1. The lowest BCUT2D eigenvalue weighted by molar-refractivity contribution is 0.0932. The summed E-state index contributed by atoms with van der Waals surface area (Å²) in [7, 11) is 1.81. The van der Waals surface area contributed by atoms with Crippen molar-refractivity contribution in [3.05, 3.63) is 52.1 Å². The van der Waals surface area contributed by atoms with Crippen LogP contribution < -0.4 is 20.1 Å². The Morgan fingerprint density at radius 3 is 2.96 bits per heavy atom. The Kier molecular flexibility index (Phi) is 5.29. The van der Waals surface area contributed by atoms with Gasteiger partial charge in [0.05, 0.1) is 18.3 Å². The molecule has 0 spiro atoms. The monoisotopic (exact) mass is 400 g/mol. The third kappa shape index (κ3) is 3.72. The van der Waals surface area contributed by atoms with Gasteiger partial charge in [-0.1, -0.05) is 0 Å². The summed E-state index contributed by atoms with van der Waals surface area (Å²) >= 11 is 1.41. The summed E-state index contributed by atoms with van der Waals surface area (Å²) in [5.41, 5.74) is 2.76. The zero-order valence-electron chi connectivity index (χ0n) is 15.2. The van der Waals surface area contributed by atoms with Gasteiger partial charge < -0.3 is 30.2 Å². The van der Waals surface area contributed by atoms with E-state index in [1.807, 2.05) is 31.3 Å². The van der Waals surface area contributed by atoms with Gasteiger partial charge in [-0.2, -0.15) is 0 Å². The quantitative estimate of drug-likeness (QED) is 0.483. The number of thiazole rings is 1. The Bertz CT molecular complexity index is 984. The van der Waals surface area contributed by atoms with Gasteiger partial charge in [-0.05, 0) is 37.4 Å². The first-order valence-corrected chi connectivity index (χ1v) is 9.65. The van der Waals surface area contributed by atoms with Crippen molar-refractivity contribution >= 4 is 17.2 Å². The van der Waals surface area contributed by atoms with E-state index in [0.717, 1.165) is 16.3 Å². The highest BCUT2D eigenvalue weighted by Crippen LogP contribution is 2.35. The molecule has 1 aliphatic rings. The van der Waals surface area contributed by atoms with Crippen molar-refractivity contribution in [3.63, 3.8) is 0 Å². The highest BCUT2D eigenvalue weighted by Gasteiger charge is 2.20. The van der Waals surface area contributed by atoms with Crippen LogP contribution in [0.3, 0.4) is 0 Å². The highest BCUT2D eigenvalue weighted by atomic mass is 32.1. The van der Waals surface area contributed by atoms with Crippen LogP contribution >= 0.6 is 11.3 Å². The average molecular weight is 400 g/mol. The molecule has 0 bridgehead atoms. The molecule has 146 valence electrons. The third-order valence-electron chi connectivity index (χ3n) is 4.36. The number of ether oxygens (including phenoxy) is 2. The maximum atomic E-state index is 12.7. The van der Waals surface area contributed by atoms with E-state index < -0.39 is 0 Å². The maximum absolute atomic E-state index is 12.7. The Hall–Kier alpha value is -2.88. The van der Waals surface area contributed by atoms with Crippen molar-refractivity contribution in [1.29, 1.82) is 0 Å². The van der Waals surface area contributed by atoms with Crippen LogP contribution in [-0.2, 0) is 6.61 Å². The van der Waals surface area contributed by atoms with Gasteiger partial charge in [-0.15, -0.1) is 11.3 Å². The SMILES string of the molecule is CNCC(NC(=O)c1ccc(-c2ccc3c(c2)OCO3)[nH]1)c1nc(CO)cs1. The molecule has 3 heterocycles. The van der Waals surface area contributed by atoms with E-state index in [9.17, 15) is 9.90 Å². The van der Waals surface area contributed by atoms with Gasteiger partial charge in [-0.3, -0.25) is 4.79 Å². The number of carbonyl (C=O) groups excluding carboxylic acids is 1. The first-order chi connectivity index (χ1) is 13.7. The number of amides is 1. The third-order valence-corrected chi connectivity index (χ3v) is 5.36. The highest BCUT2D eigenvalue weighted by molar-refractivity contribution is 7.09. The lowest BCUT2D eigenvalue weighted by Gasteiger charge is -2.15. The number of hydrogen-bond acceptors (Lipinski definition) is 7. The zero-order chi connectivity index (χ0) is 19.5. The van der Waals surface area contributed by atoms with Crippen molar-refractivity contribution in [2.75, 3.05) is 20.4 Å². The van der Waals surface area contributed by atoms with Crippen molar-refractivity contribution < 1.29 is 19.4 Å². The fourth-order valence-electron chi connectivity index (χ4n) is 2.96. The molecule has 0 fully saturated rings. The molecule has 3 aromatic rings. The predicted molar refractivity (Wildman–Crippen MR) is 105 cm³/mol. The number of hydrogen-bond donors (Lipinski definition) is 4. The predicted octanol–water partition coefficient (Wildman–Crippen LogP) is 2.05. The number of likely N-dealkylation sites (N-methyl/N-ethyl adjacent to an activating group) is 1. The largest absolute Gasteiger partial charge is 0.454 e. The molecule has 1 aromatic carbocycles. The molecular weight excluding hydrogens is 380 g/mol. The summed E-state index contributed by atoms with van der Waals surface area (Å²) < 4.78 is 10.7. The fraction of sp³-hybridized carbons (Fsp3) is 0.263. The summed E-state index contributed by atoms with van der Waals surface area (Å²) in [5.74, 6) is 1.18. The Labute approximate surface area is 165 Å². The van der Waals surface area contributed by atoms with Crippen molar-refractivity contribution in [3.8, 4) is 22.8 Å². The van der Waals surface area contributed by atoms with Crippen LogP contribution in [0.15, 0.2) is 35.7 Å². The van der Waals surface area contributed by atoms with Gasteiger partial charge in [0.25, 0.3) is 5.91 Å². The first kappa shape index (κ1) is 18.5. The number of nitrogens with zero attached hydrogens (tertiary/aromatic N) is 1. The lowest BCUT2D eigenvalue weighted by Crippen LogP contribution is -2.34. The minimum absolute atomic E-state index is 0.119. The number of carbonyl (C=O) groups is 1. The molecule has 4 rings (SSSR count). The molecule has 1 atom stereocenters. The van der Waals surface area contributed by atoms with Crippen molar-refractivity contribution in [2.45, 2.75) is 12.6 Å². The number of aromatic nitrogens is 2. The number of H-pyrrole nitrogens is 1. The van der Waals surface area contributed by atoms with Crippen molar-refractivity contribution in [1.82, 2.24) is 20.6 Å². The van der Waals surface area contributed by atoms with E-state index in [-0.39, 0.29) is 25.3 Å². The number of nitrogens with one attached hydrogen (secondary N) is 3. The molecular formula is C19H20N4O4S. The van der Waals surface area contributed by atoms with Crippen LogP contribution in [0.5, 0.6) is 11.5 Å². The fourth-order valence-corrected chi connectivity index (χ4v) is 3.82. The smallest absolute Gasteiger partial charge is 0.268 e. The minimum Gasteiger partial charge on any atom is -0.454 e. The molecule has 8 nitrogen and oxygen atoms in total. The lowest BCUT2D eigenvalue weighted by atomic mass is 10.1. The number of aliphatic hydroxyl groups is 1. The Balaban J connectivity index is 1.50. The van der Waals surface area contributed by atoms with E-state index in [2.05, 4.69) is 20.6 Å². The summed E-state index contributed by atoms with van der Waals surface area (Å²) in [6.45, 7) is 0.630. The summed E-state index contributed by atoms with van der Waals surface area (Å²) in [5, 5.41) is 17.8.